The summed E-state index contributed by atoms with van der Waals surface area (Å²) < 4.78 is 5.78. The number of unbranched alkanes of at least 4 members (excludes halogenated alkanes) is 12. The Morgan fingerprint density at radius 1 is 0.679 bits per heavy atom. The molecule has 0 aromatic heterocycles. The van der Waals surface area contributed by atoms with Crippen molar-refractivity contribution in [3.8, 4) is 5.75 Å². The molecule has 1 rings (SSSR count). The minimum absolute atomic E-state index is 0.0800. The zero-order valence-electron chi connectivity index (χ0n) is 18.8. The molecule has 0 saturated carbocycles. The van der Waals surface area contributed by atoms with Crippen molar-refractivity contribution in [1.82, 2.24) is 0 Å². The lowest BCUT2D eigenvalue weighted by atomic mass is 9.99. The van der Waals surface area contributed by atoms with Crippen LogP contribution in [0.2, 0.25) is 0 Å². The molecule has 0 heterocycles. The van der Waals surface area contributed by atoms with Crippen LogP contribution < -0.4 is 4.74 Å². The smallest absolute Gasteiger partial charge is 0.122 e. The fraction of sp³-hybridized carbons (Fsp3) is 0.769. The van der Waals surface area contributed by atoms with Crippen LogP contribution in [-0.2, 0) is 12.8 Å². The summed E-state index contributed by atoms with van der Waals surface area (Å²) in [7, 11) is 0. The molecule has 0 bridgehead atoms. The van der Waals surface area contributed by atoms with E-state index in [0.717, 1.165) is 12.2 Å². The molecule has 28 heavy (non-hydrogen) atoms. The van der Waals surface area contributed by atoms with Gasteiger partial charge in [0, 0.05) is 0 Å². The first-order valence-corrected chi connectivity index (χ1v) is 12.2. The average molecular weight is 391 g/mol. The van der Waals surface area contributed by atoms with Gasteiger partial charge < -0.3 is 9.84 Å². The van der Waals surface area contributed by atoms with Gasteiger partial charge in [0.15, 0.2) is 0 Å². The van der Waals surface area contributed by atoms with Gasteiger partial charge >= 0.3 is 0 Å². The number of aryl methyl sites for hydroxylation is 2. The minimum atomic E-state index is 0.0800. The van der Waals surface area contributed by atoms with Crippen LogP contribution in [0.4, 0.5) is 0 Å². The van der Waals surface area contributed by atoms with E-state index in [4.69, 9.17) is 9.84 Å². The number of aliphatic hydroxyl groups is 1. The standard InChI is InChI=1S/C26H46O2/c1-3-5-7-9-11-13-15-17-24-19-20-26(28-22-21-27)25(23-24)18-16-14-12-10-8-6-4-2/h19-20,23,27H,3-18,21-22H2,1-2H3. The SMILES string of the molecule is CCCCCCCCCc1ccc(OCCO)c(CCCCCCCCC)c1. The molecule has 0 fully saturated rings. The Balaban J connectivity index is 2.39. The second-order valence-electron chi connectivity index (χ2n) is 8.26. The van der Waals surface area contributed by atoms with E-state index in [1.807, 2.05) is 0 Å². The van der Waals surface area contributed by atoms with E-state index >= 15 is 0 Å². The summed E-state index contributed by atoms with van der Waals surface area (Å²) in [5, 5.41) is 9.09. The molecule has 0 radical (unpaired) electrons. The van der Waals surface area contributed by atoms with Crippen molar-refractivity contribution in [2.24, 2.45) is 0 Å². The van der Waals surface area contributed by atoms with Gasteiger partial charge in [-0.05, 0) is 42.9 Å². The Morgan fingerprint density at radius 2 is 1.21 bits per heavy atom. The highest BCUT2D eigenvalue weighted by atomic mass is 16.5. The van der Waals surface area contributed by atoms with Crippen molar-refractivity contribution in [3.63, 3.8) is 0 Å². The van der Waals surface area contributed by atoms with E-state index in [2.05, 4.69) is 32.0 Å². The Morgan fingerprint density at radius 3 is 1.79 bits per heavy atom. The average Bonchev–Trinajstić information content (AvgIpc) is 2.71. The first kappa shape index (κ1) is 25.0. The molecule has 1 aromatic rings. The van der Waals surface area contributed by atoms with Crippen LogP contribution in [0.15, 0.2) is 18.2 Å². The summed E-state index contributed by atoms with van der Waals surface area (Å²) in [6, 6.07) is 6.71. The van der Waals surface area contributed by atoms with Gasteiger partial charge in [0.05, 0.1) is 6.61 Å². The van der Waals surface area contributed by atoms with Crippen molar-refractivity contribution < 1.29 is 9.84 Å². The summed E-state index contributed by atoms with van der Waals surface area (Å²) in [6.07, 6.45) is 21.1. The lowest BCUT2D eigenvalue weighted by molar-refractivity contribution is 0.200. The molecule has 2 nitrogen and oxygen atoms in total. The quantitative estimate of drug-likeness (QED) is 0.246. The van der Waals surface area contributed by atoms with Crippen LogP contribution in [0.3, 0.4) is 0 Å². The highest BCUT2D eigenvalue weighted by molar-refractivity contribution is 5.37. The molecule has 0 aliphatic carbocycles. The predicted molar refractivity (Wildman–Crippen MR) is 122 cm³/mol. The molecular weight excluding hydrogens is 344 g/mol. The van der Waals surface area contributed by atoms with Crippen LogP contribution in [0.25, 0.3) is 0 Å². The van der Waals surface area contributed by atoms with Crippen molar-refractivity contribution in [1.29, 1.82) is 0 Å². The van der Waals surface area contributed by atoms with Crippen molar-refractivity contribution in [2.45, 2.75) is 117 Å². The van der Waals surface area contributed by atoms with Crippen molar-refractivity contribution >= 4 is 0 Å². The van der Waals surface area contributed by atoms with Gasteiger partial charge in [-0.25, -0.2) is 0 Å². The Hall–Kier alpha value is -1.02. The second-order valence-corrected chi connectivity index (χ2v) is 8.26. The van der Waals surface area contributed by atoms with Gasteiger partial charge in [0.1, 0.15) is 12.4 Å². The van der Waals surface area contributed by atoms with Crippen molar-refractivity contribution in [3.05, 3.63) is 29.3 Å². The number of rotatable bonds is 19. The Kier molecular flexibility index (Phi) is 16.1. The third-order valence-corrected chi connectivity index (χ3v) is 5.59. The van der Waals surface area contributed by atoms with E-state index in [-0.39, 0.29) is 6.61 Å². The van der Waals surface area contributed by atoms with Crippen molar-refractivity contribution in [2.75, 3.05) is 13.2 Å². The third kappa shape index (κ3) is 12.4. The summed E-state index contributed by atoms with van der Waals surface area (Å²) in [4.78, 5) is 0. The maximum Gasteiger partial charge on any atom is 0.122 e. The fourth-order valence-corrected chi connectivity index (χ4v) is 3.84. The van der Waals surface area contributed by atoms with Crippen LogP contribution in [0, 0.1) is 0 Å². The van der Waals surface area contributed by atoms with E-state index in [1.165, 1.54) is 107 Å². The highest BCUT2D eigenvalue weighted by Crippen LogP contribution is 2.24. The van der Waals surface area contributed by atoms with E-state index in [0.29, 0.717) is 6.61 Å². The Bertz CT molecular complexity index is 470. The second kappa shape index (κ2) is 18.0. The van der Waals surface area contributed by atoms with Crippen LogP contribution in [0.1, 0.15) is 115 Å². The van der Waals surface area contributed by atoms with Crippen LogP contribution >= 0.6 is 0 Å². The zero-order chi connectivity index (χ0) is 20.3. The lowest BCUT2D eigenvalue weighted by Crippen LogP contribution is -2.04. The highest BCUT2D eigenvalue weighted by Gasteiger charge is 2.06. The van der Waals surface area contributed by atoms with Gasteiger partial charge in [0.25, 0.3) is 0 Å². The van der Waals surface area contributed by atoms with Crippen LogP contribution in [-0.4, -0.2) is 18.3 Å². The molecule has 0 spiro atoms. The normalized spacial score (nSPS) is 11.1. The first-order chi connectivity index (χ1) is 13.8. The topological polar surface area (TPSA) is 29.5 Å². The third-order valence-electron chi connectivity index (χ3n) is 5.59. The van der Waals surface area contributed by atoms with Gasteiger partial charge in [-0.1, -0.05) is 103 Å². The molecule has 0 amide bonds. The van der Waals surface area contributed by atoms with E-state index in [1.54, 1.807) is 0 Å². The first-order valence-electron chi connectivity index (χ1n) is 12.2. The van der Waals surface area contributed by atoms with Gasteiger partial charge in [0.2, 0.25) is 0 Å². The van der Waals surface area contributed by atoms with Gasteiger partial charge in [-0.2, -0.15) is 0 Å². The van der Waals surface area contributed by atoms with E-state index in [9.17, 15) is 0 Å². The number of hydrogen-bond donors (Lipinski definition) is 1. The zero-order valence-corrected chi connectivity index (χ0v) is 18.8. The van der Waals surface area contributed by atoms with Crippen LogP contribution in [0.5, 0.6) is 5.75 Å². The molecule has 0 saturated heterocycles. The lowest BCUT2D eigenvalue weighted by Gasteiger charge is -2.13. The fourth-order valence-electron chi connectivity index (χ4n) is 3.84. The molecular formula is C26H46O2. The summed E-state index contributed by atoms with van der Waals surface area (Å²) >= 11 is 0. The number of hydrogen-bond acceptors (Lipinski definition) is 2. The maximum absolute atomic E-state index is 9.09. The molecule has 2 heteroatoms. The number of aliphatic hydroxyl groups excluding tert-OH is 1. The number of ether oxygens (including phenoxy) is 1. The molecule has 1 N–H and O–H groups in total. The maximum atomic E-state index is 9.09. The molecule has 0 atom stereocenters. The molecule has 1 aromatic carbocycles. The summed E-state index contributed by atoms with van der Waals surface area (Å²) in [6.45, 7) is 5.02. The van der Waals surface area contributed by atoms with Gasteiger partial charge in [-0.15, -0.1) is 0 Å². The monoisotopic (exact) mass is 390 g/mol. The summed E-state index contributed by atoms with van der Waals surface area (Å²) in [5.41, 5.74) is 2.78. The molecule has 0 unspecified atom stereocenters. The minimum Gasteiger partial charge on any atom is -0.491 e. The number of benzene rings is 1. The predicted octanol–water partition coefficient (Wildman–Crippen LogP) is 7.64. The summed E-state index contributed by atoms with van der Waals surface area (Å²) in [5.74, 6) is 0.975. The van der Waals surface area contributed by atoms with Gasteiger partial charge in [-0.3, -0.25) is 0 Å². The molecule has 0 aliphatic rings. The molecule has 162 valence electrons. The Labute approximate surface area is 175 Å². The molecule has 0 aliphatic heterocycles. The largest absolute Gasteiger partial charge is 0.491 e. The van der Waals surface area contributed by atoms with E-state index < -0.39 is 0 Å².